The number of hydrogen-bond acceptors (Lipinski definition) is 4. The van der Waals surface area contributed by atoms with Crippen molar-refractivity contribution in [2.75, 3.05) is 46.6 Å². The highest BCUT2D eigenvalue weighted by atomic mass is 15.1. The lowest BCUT2D eigenvalue weighted by Crippen LogP contribution is -2.30. The summed E-state index contributed by atoms with van der Waals surface area (Å²) in [6.45, 7) is 10.2. The lowest BCUT2D eigenvalue weighted by atomic mass is 9.90. The van der Waals surface area contributed by atoms with Gasteiger partial charge in [-0.2, -0.15) is 0 Å². The van der Waals surface area contributed by atoms with E-state index in [1.807, 2.05) is 44.4 Å². The SMILES string of the molecule is C=C/C(=C\N(C)C)c1ccc2cnc(NC)cc2c1.C=Cc1ccc(CC2CCN(C)CC2)cc1. The summed E-state index contributed by atoms with van der Waals surface area (Å²) in [6.07, 6.45) is 11.7. The molecule has 0 saturated carbocycles. The monoisotopic (exact) mass is 468 g/mol. The largest absolute Gasteiger partial charge is 0.383 e. The maximum absolute atomic E-state index is 4.31. The molecule has 4 nitrogen and oxygen atoms in total. The Balaban J connectivity index is 0.000000198. The van der Waals surface area contributed by atoms with E-state index in [0.29, 0.717) is 0 Å². The fourth-order valence-corrected chi connectivity index (χ4v) is 4.37. The first-order chi connectivity index (χ1) is 16.9. The van der Waals surface area contributed by atoms with E-state index in [1.54, 1.807) is 0 Å². The quantitative estimate of drug-likeness (QED) is 0.397. The predicted molar refractivity (Wildman–Crippen MR) is 154 cm³/mol. The fraction of sp³-hybridized carbons (Fsp3) is 0.323. The third-order valence-corrected chi connectivity index (χ3v) is 6.51. The van der Waals surface area contributed by atoms with Crippen molar-refractivity contribution in [2.24, 2.45) is 5.92 Å². The third kappa shape index (κ3) is 7.83. The lowest BCUT2D eigenvalue weighted by Gasteiger charge is -2.28. The maximum Gasteiger partial charge on any atom is 0.126 e. The van der Waals surface area contributed by atoms with E-state index in [4.69, 9.17) is 0 Å². The highest BCUT2D eigenvalue weighted by Crippen LogP contribution is 2.24. The number of piperidine rings is 1. The Morgan fingerprint density at radius 2 is 1.77 bits per heavy atom. The molecule has 1 fully saturated rings. The Morgan fingerprint density at radius 3 is 2.37 bits per heavy atom. The zero-order valence-corrected chi connectivity index (χ0v) is 21.8. The summed E-state index contributed by atoms with van der Waals surface area (Å²) in [5.41, 5.74) is 4.95. The van der Waals surface area contributed by atoms with Gasteiger partial charge in [-0.15, -0.1) is 0 Å². The van der Waals surface area contributed by atoms with E-state index in [2.05, 4.69) is 90.1 Å². The van der Waals surface area contributed by atoms with Gasteiger partial charge in [-0.1, -0.05) is 61.7 Å². The molecule has 0 radical (unpaired) electrons. The van der Waals surface area contributed by atoms with Gasteiger partial charge in [-0.25, -0.2) is 4.98 Å². The van der Waals surface area contributed by atoms with Crippen LogP contribution in [-0.2, 0) is 6.42 Å². The van der Waals surface area contributed by atoms with Crippen LogP contribution in [0.15, 0.2) is 80.2 Å². The molecule has 4 heteroatoms. The van der Waals surface area contributed by atoms with Crippen LogP contribution in [-0.4, -0.2) is 56.1 Å². The van der Waals surface area contributed by atoms with Gasteiger partial charge in [0.2, 0.25) is 0 Å². The Kier molecular flexibility index (Phi) is 9.68. The second-order valence-corrected chi connectivity index (χ2v) is 9.53. The molecule has 3 aromatic rings. The first-order valence-corrected chi connectivity index (χ1v) is 12.4. The van der Waals surface area contributed by atoms with Gasteiger partial charge in [0.1, 0.15) is 5.82 Å². The number of aromatic nitrogens is 1. The molecule has 4 rings (SSSR count). The van der Waals surface area contributed by atoms with Crippen molar-refractivity contribution in [2.45, 2.75) is 19.3 Å². The highest BCUT2D eigenvalue weighted by molar-refractivity contribution is 5.88. The summed E-state index contributed by atoms with van der Waals surface area (Å²) >= 11 is 0. The van der Waals surface area contributed by atoms with Crippen molar-refractivity contribution in [3.05, 3.63) is 96.9 Å². The standard InChI is InChI=1S/C16H19N3.C15H21N/c1-5-12(11-19(3)4)13-6-7-14-10-18-16(17-2)9-15(14)8-13;1-3-13-4-6-14(7-5-13)12-15-8-10-16(2)11-9-15/h5-11H,1H2,2-4H3,(H,17,18);3-7,15H,1,8-12H2,2H3/b12-11+;. The van der Waals surface area contributed by atoms with Crippen LogP contribution in [0, 0.1) is 5.92 Å². The minimum absolute atomic E-state index is 0.876. The molecule has 2 aromatic carbocycles. The zero-order chi connectivity index (χ0) is 25.2. The van der Waals surface area contributed by atoms with E-state index in [1.165, 1.54) is 48.9 Å². The summed E-state index contributed by atoms with van der Waals surface area (Å²) in [7, 11) is 8.11. The number of anilines is 1. The third-order valence-electron chi connectivity index (χ3n) is 6.51. The summed E-state index contributed by atoms with van der Waals surface area (Å²) in [5.74, 6) is 1.76. The number of nitrogens with one attached hydrogen (secondary N) is 1. The number of nitrogens with zero attached hydrogens (tertiary/aromatic N) is 3. The molecule has 1 aliphatic rings. The van der Waals surface area contributed by atoms with Gasteiger partial charge in [-0.3, -0.25) is 0 Å². The van der Waals surface area contributed by atoms with Crippen LogP contribution < -0.4 is 5.32 Å². The number of benzene rings is 2. The van der Waals surface area contributed by atoms with Gasteiger partial charge in [-0.05, 0) is 85.1 Å². The van der Waals surface area contributed by atoms with Gasteiger partial charge in [0.15, 0.2) is 0 Å². The molecule has 1 saturated heterocycles. The van der Waals surface area contributed by atoms with Gasteiger partial charge in [0, 0.05) is 38.9 Å². The number of rotatable bonds is 7. The van der Waals surface area contributed by atoms with Crippen LogP contribution >= 0.6 is 0 Å². The number of fused-ring (bicyclic) bond motifs is 1. The predicted octanol–water partition coefficient (Wildman–Crippen LogP) is 6.58. The molecule has 0 bridgehead atoms. The Morgan fingerprint density at radius 1 is 1.06 bits per heavy atom. The Hall–Kier alpha value is -3.37. The Bertz CT molecular complexity index is 1140. The van der Waals surface area contributed by atoms with E-state index >= 15 is 0 Å². The molecule has 35 heavy (non-hydrogen) atoms. The van der Waals surface area contributed by atoms with Gasteiger partial charge in [0.05, 0.1) is 0 Å². The molecule has 0 unspecified atom stereocenters. The number of likely N-dealkylation sites (tertiary alicyclic amines) is 1. The second-order valence-electron chi connectivity index (χ2n) is 9.53. The molecule has 0 aliphatic carbocycles. The summed E-state index contributed by atoms with van der Waals surface area (Å²) in [5, 5.41) is 5.36. The van der Waals surface area contributed by atoms with Crippen molar-refractivity contribution in [3.63, 3.8) is 0 Å². The normalized spacial score (nSPS) is 14.7. The summed E-state index contributed by atoms with van der Waals surface area (Å²) in [4.78, 5) is 8.76. The number of allylic oxidation sites excluding steroid dienone is 2. The van der Waals surface area contributed by atoms with Crippen LogP contribution in [0.2, 0.25) is 0 Å². The number of hydrogen-bond donors (Lipinski definition) is 1. The van der Waals surface area contributed by atoms with Crippen LogP contribution in [0.5, 0.6) is 0 Å². The van der Waals surface area contributed by atoms with Crippen molar-refractivity contribution in [1.82, 2.24) is 14.8 Å². The van der Waals surface area contributed by atoms with Crippen molar-refractivity contribution >= 4 is 28.2 Å². The number of pyridine rings is 1. The average Bonchev–Trinajstić information content (AvgIpc) is 2.88. The van der Waals surface area contributed by atoms with Crippen molar-refractivity contribution in [1.29, 1.82) is 0 Å². The molecule has 184 valence electrons. The van der Waals surface area contributed by atoms with Gasteiger partial charge >= 0.3 is 0 Å². The highest BCUT2D eigenvalue weighted by Gasteiger charge is 2.16. The lowest BCUT2D eigenvalue weighted by molar-refractivity contribution is 0.219. The molecular formula is C31H40N4. The molecule has 1 N–H and O–H groups in total. The van der Waals surface area contributed by atoms with E-state index in [0.717, 1.165) is 28.3 Å². The maximum atomic E-state index is 4.31. The molecular weight excluding hydrogens is 428 g/mol. The first kappa shape index (κ1) is 26.2. The van der Waals surface area contributed by atoms with Gasteiger partial charge < -0.3 is 15.1 Å². The van der Waals surface area contributed by atoms with Crippen LogP contribution in [0.1, 0.15) is 29.5 Å². The molecule has 0 amide bonds. The van der Waals surface area contributed by atoms with E-state index in [-0.39, 0.29) is 0 Å². The fourth-order valence-electron chi connectivity index (χ4n) is 4.37. The van der Waals surface area contributed by atoms with Gasteiger partial charge in [0.25, 0.3) is 0 Å². The molecule has 0 atom stereocenters. The van der Waals surface area contributed by atoms with Crippen LogP contribution in [0.25, 0.3) is 22.4 Å². The first-order valence-electron chi connectivity index (χ1n) is 12.4. The Labute approximate surface area is 211 Å². The van der Waals surface area contributed by atoms with Crippen molar-refractivity contribution in [3.8, 4) is 0 Å². The summed E-state index contributed by atoms with van der Waals surface area (Å²) < 4.78 is 0. The second kappa shape index (κ2) is 12.9. The minimum Gasteiger partial charge on any atom is -0.383 e. The topological polar surface area (TPSA) is 31.4 Å². The molecule has 2 heterocycles. The zero-order valence-electron chi connectivity index (χ0n) is 21.8. The minimum atomic E-state index is 0.876. The average molecular weight is 469 g/mol. The molecule has 0 spiro atoms. The summed E-state index contributed by atoms with van der Waals surface area (Å²) in [6, 6.07) is 17.2. The van der Waals surface area contributed by atoms with E-state index < -0.39 is 0 Å². The molecule has 1 aromatic heterocycles. The molecule has 1 aliphatic heterocycles. The van der Waals surface area contributed by atoms with Crippen LogP contribution in [0.3, 0.4) is 0 Å². The van der Waals surface area contributed by atoms with Crippen LogP contribution in [0.4, 0.5) is 5.82 Å². The smallest absolute Gasteiger partial charge is 0.126 e. The van der Waals surface area contributed by atoms with E-state index in [9.17, 15) is 0 Å². The van der Waals surface area contributed by atoms with Crippen molar-refractivity contribution < 1.29 is 0 Å².